The van der Waals surface area contributed by atoms with Gasteiger partial charge in [-0.15, -0.1) is 0 Å². The Hall–Kier alpha value is -0.590. The van der Waals surface area contributed by atoms with Gasteiger partial charge in [-0.25, -0.2) is 8.42 Å². The molecule has 4 nitrogen and oxygen atoms in total. The number of benzene rings is 1. The van der Waals surface area contributed by atoms with E-state index in [-0.39, 0.29) is 11.8 Å². The number of halogens is 1. The van der Waals surface area contributed by atoms with Gasteiger partial charge >= 0.3 is 0 Å². The summed E-state index contributed by atoms with van der Waals surface area (Å²) in [5.41, 5.74) is 6.14. The monoisotopic (exact) mass is 318 g/mol. The van der Waals surface area contributed by atoms with Crippen molar-refractivity contribution < 1.29 is 8.42 Å². The molecular weight excluding hydrogens is 304 g/mol. The molecule has 0 fully saturated rings. The molecular formula is C11H15BrN2O2S. The van der Waals surface area contributed by atoms with Crippen molar-refractivity contribution >= 4 is 31.5 Å². The fraction of sp³-hybridized carbons (Fsp3) is 0.455. The highest BCUT2D eigenvalue weighted by atomic mass is 79.9. The first kappa shape index (κ1) is 12.9. The Morgan fingerprint density at radius 1 is 1.47 bits per heavy atom. The minimum Gasteiger partial charge on any atom is -0.380 e. The number of nitrogens with two attached hydrogens (primary N) is 1. The molecule has 0 aliphatic carbocycles. The highest BCUT2D eigenvalue weighted by molar-refractivity contribution is 9.10. The van der Waals surface area contributed by atoms with E-state index >= 15 is 0 Å². The molecule has 2 rings (SSSR count). The normalized spacial score (nSPS) is 21.6. The predicted molar refractivity (Wildman–Crippen MR) is 71.9 cm³/mol. The lowest BCUT2D eigenvalue weighted by Gasteiger charge is -2.27. The van der Waals surface area contributed by atoms with E-state index in [4.69, 9.17) is 5.73 Å². The average molecular weight is 319 g/mol. The van der Waals surface area contributed by atoms with Crippen molar-refractivity contribution in [2.45, 2.75) is 23.8 Å². The lowest BCUT2D eigenvalue weighted by molar-refractivity contribution is 0.575. The van der Waals surface area contributed by atoms with Crippen LogP contribution in [-0.4, -0.2) is 26.8 Å². The maximum Gasteiger partial charge on any atom is 0.182 e. The average Bonchev–Trinajstić information content (AvgIpc) is 2.27. The number of hydrogen-bond acceptors (Lipinski definition) is 4. The molecule has 1 heterocycles. The van der Waals surface area contributed by atoms with E-state index in [2.05, 4.69) is 21.2 Å². The molecule has 0 aromatic heterocycles. The van der Waals surface area contributed by atoms with E-state index in [0.29, 0.717) is 17.1 Å². The molecule has 0 spiro atoms. The fourth-order valence-electron chi connectivity index (χ4n) is 2.01. The van der Waals surface area contributed by atoms with Gasteiger partial charge in [0.2, 0.25) is 0 Å². The molecule has 0 saturated carbocycles. The second-order valence-electron chi connectivity index (χ2n) is 4.19. The fourth-order valence-corrected chi connectivity index (χ4v) is 4.25. The van der Waals surface area contributed by atoms with E-state index in [1.807, 2.05) is 6.07 Å². The van der Waals surface area contributed by atoms with Crippen LogP contribution in [0.4, 0.5) is 5.69 Å². The summed E-state index contributed by atoms with van der Waals surface area (Å²) in [4.78, 5) is 0.385. The number of anilines is 1. The van der Waals surface area contributed by atoms with Crippen LogP contribution in [0.15, 0.2) is 27.6 Å². The van der Waals surface area contributed by atoms with E-state index in [1.165, 1.54) is 0 Å². The number of hydrogen-bond donors (Lipinski definition) is 2. The number of rotatable bonds is 3. The first-order valence-corrected chi connectivity index (χ1v) is 7.96. The highest BCUT2D eigenvalue weighted by Gasteiger charge is 2.29. The zero-order valence-corrected chi connectivity index (χ0v) is 11.7. The van der Waals surface area contributed by atoms with Crippen LogP contribution in [0.2, 0.25) is 0 Å². The van der Waals surface area contributed by atoms with E-state index < -0.39 is 9.84 Å². The minimum atomic E-state index is -3.18. The Morgan fingerprint density at radius 2 is 2.24 bits per heavy atom. The van der Waals surface area contributed by atoms with Gasteiger partial charge < -0.3 is 11.1 Å². The molecule has 94 valence electrons. The quantitative estimate of drug-likeness (QED) is 0.890. The van der Waals surface area contributed by atoms with E-state index in [1.54, 1.807) is 12.1 Å². The largest absolute Gasteiger partial charge is 0.380 e. The van der Waals surface area contributed by atoms with Crippen molar-refractivity contribution in [1.29, 1.82) is 0 Å². The van der Waals surface area contributed by atoms with Gasteiger partial charge in [-0.3, -0.25) is 0 Å². The Bertz CT molecular complexity index is 516. The molecule has 17 heavy (non-hydrogen) atoms. The SMILES string of the molecule is NCCCC1CS(=O)(=O)c2cc(Br)ccc2N1. The van der Waals surface area contributed by atoms with Crippen LogP contribution in [0.5, 0.6) is 0 Å². The molecule has 1 aromatic rings. The summed E-state index contributed by atoms with van der Waals surface area (Å²) in [5, 5.41) is 3.26. The zero-order chi connectivity index (χ0) is 12.5. The Morgan fingerprint density at radius 3 is 2.94 bits per heavy atom. The first-order valence-electron chi connectivity index (χ1n) is 5.52. The lowest BCUT2D eigenvalue weighted by Crippen LogP contribution is -2.34. The minimum absolute atomic E-state index is 0.0303. The molecule has 1 aromatic carbocycles. The summed E-state index contributed by atoms with van der Waals surface area (Å²) in [7, 11) is -3.18. The zero-order valence-electron chi connectivity index (χ0n) is 9.32. The molecule has 6 heteroatoms. The van der Waals surface area contributed by atoms with Crippen LogP contribution < -0.4 is 11.1 Å². The molecule has 0 bridgehead atoms. The van der Waals surface area contributed by atoms with Crippen LogP contribution >= 0.6 is 15.9 Å². The van der Waals surface area contributed by atoms with E-state index in [0.717, 1.165) is 17.3 Å². The first-order chi connectivity index (χ1) is 8.03. The molecule has 1 atom stereocenters. The maximum absolute atomic E-state index is 12.1. The van der Waals surface area contributed by atoms with Crippen LogP contribution in [-0.2, 0) is 9.84 Å². The van der Waals surface area contributed by atoms with Gasteiger partial charge in [-0.05, 0) is 37.6 Å². The summed E-state index contributed by atoms with van der Waals surface area (Å²) in [6.07, 6.45) is 1.62. The summed E-state index contributed by atoms with van der Waals surface area (Å²) in [6.45, 7) is 0.589. The topological polar surface area (TPSA) is 72.2 Å². The van der Waals surface area contributed by atoms with Crippen LogP contribution in [0, 0.1) is 0 Å². The standard InChI is InChI=1S/C11H15BrN2O2S/c12-8-3-4-10-11(6-8)17(15,16)7-9(14-10)2-1-5-13/h3-4,6,9,14H,1-2,5,7,13H2. The Kier molecular flexibility index (Phi) is 3.75. The second-order valence-corrected chi connectivity index (χ2v) is 7.11. The Labute approximate surface area is 110 Å². The maximum atomic E-state index is 12.1. The van der Waals surface area contributed by atoms with Crippen LogP contribution in [0.1, 0.15) is 12.8 Å². The number of sulfone groups is 1. The molecule has 3 N–H and O–H groups in total. The van der Waals surface area contributed by atoms with Gasteiger partial charge in [-0.2, -0.15) is 0 Å². The van der Waals surface area contributed by atoms with E-state index in [9.17, 15) is 8.42 Å². The molecule has 0 saturated heterocycles. The van der Waals surface area contributed by atoms with Crippen molar-refractivity contribution in [3.63, 3.8) is 0 Å². The van der Waals surface area contributed by atoms with Gasteiger partial charge in [0.25, 0.3) is 0 Å². The molecule has 1 aliphatic rings. The van der Waals surface area contributed by atoms with Gasteiger partial charge in [0.1, 0.15) is 0 Å². The Balaban J connectivity index is 2.31. The van der Waals surface area contributed by atoms with Gasteiger partial charge in [0.05, 0.1) is 16.3 Å². The lowest BCUT2D eigenvalue weighted by atomic mass is 10.1. The molecule has 1 aliphatic heterocycles. The van der Waals surface area contributed by atoms with Crippen molar-refractivity contribution in [2.75, 3.05) is 17.6 Å². The number of fused-ring (bicyclic) bond motifs is 1. The van der Waals surface area contributed by atoms with Crippen molar-refractivity contribution in [3.8, 4) is 0 Å². The third-order valence-corrected chi connectivity index (χ3v) is 5.16. The summed E-state index contributed by atoms with van der Waals surface area (Å²) in [5.74, 6) is 0.149. The van der Waals surface area contributed by atoms with Crippen LogP contribution in [0.25, 0.3) is 0 Å². The van der Waals surface area contributed by atoms with Crippen molar-refractivity contribution in [3.05, 3.63) is 22.7 Å². The van der Waals surface area contributed by atoms with Crippen molar-refractivity contribution in [1.82, 2.24) is 0 Å². The van der Waals surface area contributed by atoms with Gasteiger partial charge in [-0.1, -0.05) is 15.9 Å². The van der Waals surface area contributed by atoms with Crippen molar-refractivity contribution in [2.24, 2.45) is 5.73 Å². The third kappa shape index (κ3) is 2.81. The smallest absolute Gasteiger partial charge is 0.182 e. The van der Waals surface area contributed by atoms with Gasteiger partial charge in [0.15, 0.2) is 9.84 Å². The highest BCUT2D eigenvalue weighted by Crippen LogP contribution is 2.31. The summed E-state index contributed by atoms with van der Waals surface area (Å²) >= 11 is 3.29. The molecule has 0 radical (unpaired) electrons. The predicted octanol–water partition coefficient (Wildman–Crippen LogP) is 1.76. The third-order valence-electron chi connectivity index (χ3n) is 2.82. The van der Waals surface area contributed by atoms with Crippen LogP contribution in [0.3, 0.4) is 0 Å². The molecule has 0 amide bonds. The number of nitrogens with one attached hydrogen (secondary N) is 1. The summed E-state index contributed by atoms with van der Waals surface area (Å²) in [6, 6.07) is 5.26. The van der Waals surface area contributed by atoms with Gasteiger partial charge in [0, 0.05) is 10.5 Å². The second kappa shape index (κ2) is 4.96. The molecule has 1 unspecified atom stereocenters. The summed E-state index contributed by atoms with van der Waals surface area (Å²) < 4.78 is 25.0.